The van der Waals surface area contributed by atoms with Gasteiger partial charge in [0.25, 0.3) is 5.91 Å². The lowest BCUT2D eigenvalue weighted by Crippen LogP contribution is -2.34. The van der Waals surface area contributed by atoms with E-state index >= 15 is 0 Å². The number of hydrogen-bond acceptors (Lipinski definition) is 9. The molecule has 0 radical (unpaired) electrons. The summed E-state index contributed by atoms with van der Waals surface area (Å²) >= 11 is 1.54. The molecular weight excluding hydrogens is 597 g/mol. The van der Waals surface area contributed by atoms with Crippen molar-refractivity contribution in [3.05, 3.63) is 64.8 Å². The van der Waals surface area contributed by atoms with Crippen molar-refractivity contribution in [2.24, 2.45) is 0 Å². The van der Waals surface area contributed by atoms with Gasteiger partial charge >= 0.3 is 6.09 Å². The highest BCUT2D eigenvalue weighted by atomic mass is 32.1. The van der Waals surface area contributed by atoms with Gasteiger partial charge in [0.05, 0.1) is 24.5 Å². The zero-order valence-corrected chi connectivity index (χ0v) is 25.9. The lowest BCUT2D eigenvalue weighted by atomic mass is 10.0. The number of nitrogens with one attached hydrogen (secondary N) is 2. The Morgan fingerprint density at radius 1 is 1.13 bits per heavy atom. The summed E-state index contributed by atoms with van der Waals surface area (Å²) in [5.74, 6) is 1.55. The van der Waals surface area contributed by atoms with Crippen molar-refractivity contribution >= 4 is 33.4 Å². The molecule has 3 heterocycles. The van der Waals surface area contributed by atoms with Crippen LogP contribution in [0.25, 0.3) is 32.6 Å². The van der Waals surface area contributed by atoms with Gasteiger partial charge in [-0.15, -0.1) is 28.0 Å². The normalized spacial score (nSPS) is 14.4. The molecule has 0 saturated carbocycles. The van der Waals surface area contributed by atoms with E-state index in [1.807, 2.05) is 18.5 Å². The van der Waals surface area contributed by atoms with E-state index in [0.29, 0.717) is 30.0 Å². The standard InChI is InChI=1S/C33H34FN5O5S/c1-4-29(40)39-12-9-25(20-39)44-33(41)36-11-13-42-14-15-43-28-18-24(34)7-8-26(28)31-32-27(10-16-45-32)30(37-38-31)22-5-6-23(19-35-3)21(2)17-22/h1,5-8,10,16-18,25,35H,9,11-15,19-20H2,2-3H3,(H,36,41). The highest BCUT2D eigenvalue weighted by molar-refractivity contribution is 7.17. The highest BCUT2D eigenvalue weighted by Gasteiger charge is 2.28. The van der Waals surface area contributed by atoms with E-state index in [4.69, 9.17) is 20.6 Å². The van der Waals surface area contributed by atoms with Crippen LogP contribution in [0.2, 0.25) is 0 Å². The van der Waals surface area contributed by atoms with Crippen molar-refractivity contribution in [1.29, 1.82) is 0 Å². The Hall–Kier alpha value is -4.57. The predicted molar refractivity (Wildman–Crippen MR) is 170 cm³/mol. The molecule has 4 aromatic rings. The van der Waals surface area contributed by atoms with E-state index in [1.165, 1.54) is 28.2 Å². The second kappa shape index (κ2) is 14.9. The number of aryl methyl sites for hydroxylation is 1. The first-order valence-electron chi connectivity index (χ1n) is 14.6. The van der Waals surface area contributed by atoms with Gasteiger partial charge in [-0.1, -0.05) is 12.1 Å². The minimum Gasteiger partial charge on any atom is -0.490 e. The van der Waals surface area contributed by atoms with E-state index in [9.17, 15) is 14.0 Å². The van der Waals surface area contributed by atoms with Crippen molar-refractivity contribution in [3.63, 3.8) is 0 Å². The molecular formula is C33H34FN5O5S. The number of benzene rings is 2. The molecule has 234 valence electrons. The molecule has 1 atom stereocenters. The minimum absolute atomic E-state index is 0.152. The summed E-state index contributed by atoms with van der Waals surface area (Å²) < 4.78 is 32.0. The summed E-state index contributed by atoms with van der Waals surface area (Å²) in [4.78, 5) is 25.1. The molecule has 1 unspecified atom stereocenters. The Morgan fingerprint density at radius 2 is 1.98 bits per heavy atom. The molecule has 1 aliphatic heterocycles. The largest absolute Gasteiger partial charge is 0.490 e. The Kier molecular flexibility index (Phi) is 10.6. The van der Waals surface area contributed by atoms with Gasteiger partial charge in [-0.3, -0.25) is 4.79 Å². The van der Waals surface area contributed by atoms with Crippen molar-refractivity contribution in [3.8, 4) is 40.6 Å². The van der Waals surface area contributed by atoms with E-state index in [0.717, 1.165) is 27.9 Å². The van der Waals surface area contributed by atoms with Crippen molar-refractivity contribution in [1.82, 2.24) is 25.7 Å². The van der Waals surface area contributed by atoms with Crippen LogP contribution < -0.4 is 15.4 Å². The van der Waals surface area contributed by atoms with Crippen LogP contribution in [0.15, 0.2) is 47.8 Å². The second-order valence-corrected chi connectivity index (χ2v) is 11.4. The molecule has 5 rings (SSSR count). The minimum atomic E-state index is -0.591. The Bertz CT molecular complexity index is 1720. The molecule has 2 aromatic carbocycles. The quantitative estimate of drug-likeness (QED) is 0.173. The van der Waals surface area contributed by atoms with Crippen LogP contribution in [-0.2, 0) is 20.8 Å². The number of terminal acetylenes is 1. The van der Waals surface area contributed by atoms with E-state index in [-0.39, 0.29) is 32.9 Å². The monoisotopic (exact) mass is 631 g/mol. The maximum absolute atomic E-state index is 14.3. The highest BCUT2D eigenvalue weighted by Crippen LogP contribution is 2.39. The lowest BCUT2D eigenvalue weighted by molar-refractivity contribution is -0.124. The second-order valence-electron chi connectivity index (χ2n) is 10.5. The fraction of sp³-hybridized carbons (Fsp3) is 0.333. The molecule has 1 aliphatic rings. The van der Waals surface area contributed by atoms with Crippen LogP contribution >= 0.6 is 11.3 Å². The third-order valence-corrected chi connectivity index (χ3v) is 8.32. The van der Waals surface area contributed by atoms with Gasteiger partial charge in [0.15, 0.2) is 0 Å². The van der Waals surface area contributed by atoms with Gasteiger partial charge in [0, 0.05) is 48.6 Å². The van der Waals surface area contributed by atoms with Crippen molar-refractivity contribution < 1.29 is 28.2 Å². The smallest absolute Gasteiger partial charge is 0.407 e. The molecule has 0 aliphatic carbocycles. The molecule has 2 aromatic heterocycles. The fourth-order valence-corrected chi connectivity index (χ4v) is 6.04. The van der Waals surface area contributed by atoms with Crippen LogP contribution in [0, 0.1) is 25.1 Å². The third kappa shape index (κ3) is 7.75. The average molecular weight is 632 g/mol. The number of hydrogen-bond donors (Lipinski definition) is 2. The maximum atomic E-state index is 14.3. The molecule has 0 bridgehead atoms. The molecule has 0 spiro atoms. The molecule has 1 saturated heterocycles. The topological polar surface area (TPSA) is 115 Å². The van der Waals surface area contributed by atoms with Gasteiger partial charge in [-0.2, -0.15) is 0 Å². The summed E-state index contributed by atoms with van der Waals surface area (Å²) in [5.41, 5.74) is 5.39. The number of carbonyl (C=O) groups excluding carboxylic acids is 2. The van der Waals surface area contributed by atoms with Crippen LogP contribution in [0.4, 0.5) is 9.18 Å². The van der Waals surface area contributed by atoms with Crippen molar-refractivity contribution in [2.75, 3.05) is 46.5 Å². The summed E-state index contributed by atoms with van der Waals surface area (Å²) in [5, 5.41) is 17.9. The summed E-state index contributed by atoms with van der Waals surface area (Å²) in [6, 6.07) is 12.6. The number of thiophene rings is 1. The third-order valence-electron chi connectivity index (χ3n) is 7.40. The molecule has 45 heavy (non-hydrogen) atoms. The zero-order valence-electron chi connectivity index (χ0n) is 25.1. The number of nitrogens with zero attached hydrogens (tertiary/aromatic N) is 3. The number of fused-ring (bicyclic) bond motifs is 1. The number of amides is 2. The number of ether oxygens (including phenoxy) is 3. The number of likely N-dealkylation sites (tertiary alicyclic amines) is 1. The first-order chi connectivity index (χ1) is 21.9. The van der Waals surface area contributed by atoms with E-state index in [2.05, 4.69) is 51.9 Å². The van der Waals surface area contributed by atoms with Crippen LogP contribution in [0.5, 0.6) is 5.75 Å². The lowest BCUT2D eigenvalue weighted by Gasteiger charge is -2.15. The molecule has 10 nitrogen and oxygen atoms in total. The molecule has 12 heteroatoms. The van der Waals surface area contributed by atoms with Crippen LogP contribution in [-0.4, -0.2) is 79.7 Å². The first-order valence-corrected chi connectivity index (χ1v) is 15.4. The number of alkyl carbamates (subject to hydrolysis) is 1. The van der Waals surface area contributed by atoms with Gasteiger partial charge in [0.2, 0.25) is 0 Å². The SMILES string of the molecule is C#CC(=O)N1CCC(OC(=O)NCCOCCOc2cc(F)ccc2-c2nnc(-c3ccc(CNC)c(C)c3)c3ccsc23)C1. The van der Waals surface area contributed by atoms with Gasteiger partial charge in [0.1, 0.15) is 35.7 Å². The Morgan fingerprint density at radius 3 is 2.78 bits per heavy atom. The summed E-state index contributed by atoms with van der Waals surface area (Å²) in [7, 11) is 1.92. The zero-order chi connectivity index (χ0) is 31.8. The van der Waals surface area contributed by atoms with Crippen LogP contribution in [0.1, 0.15) is 17.5 Å². The number of carbonyl (C=O) groups is 2. The molecule has 1 fully saturated rings. The average Bonchev–Trinajstić information content (AvgIpc) is 3.72. The van der Waals surface area contributed by atoms with Crippen LogP contribution in [0.3, 0.4) is 0 Å². The predicted octanol–water partition coefficient (Wildman–Crippen LogP) is 4.55. The Labute approximate surface area is 264 Å². The Balaban J connectivity index is 1.16. The van der Waals surface area contributed by atoms with Gasteiger partial charge in [-0.05, 0) is 60.7 Å². The maximum Gasteiger partial charge on any atom is 0.407 e. The number of halogens is 1. The van der Waals surface area contributed by atoms with Gasteiger partial charge < -0.3 is 29.7 Å². The summed E-state index contributed by atoms with van der Waals surface area (Å²) in [6.45, 7) is 4.41. The number of aromatic nitrogens is 2. The molecule has 2 N–H and O–H groups in total. The number of rotatable bonds is 12. The first kappa shape index (κ1) is 31.8. The molecule has 2 amide bonds. The van der Waals surface area contributed by atoms with Gasteiger partial charge in [-0.25, -0.2) is 9.18 Å². The van der Waals surface area contributed by atoms with E-state index < -0.39 is 23.9 Å². The van der Waals surface area contributed by atoms with E-state index in [1.54, 1.807) is 17.4 Å². The fourth-order valence-electron chi connectivity index (χ4n) is 5.14. The van der Waals surface area contributed by atoms with Crippen molar-refractivity contribution in [2.45, 2.75) is 26.0 Å². The summed E-state index contributed by atoms with van der Waals surface area (Å²) in [6.07, 6.45) is 4.68.